The minimum absolute atomic E-state index is 0.613. The highest BCUT2D eigenvalue weighted by atomic mass is 16.3. The molecule has 4 heteroatoms. The van der Waals surface area contributed by atoms with Crippen molar-refractivity contribution >= 4 is 49.6 Å². The third-order valence-corrected chi connectivity index (χ3v) is 7.37. The first-order chi connectivity index (χ1) is 18.8. The number of benzene rings is 4. The molecular weight excluding hydrogens is 468 g/mol. The Morgan fingerprint density at radius 3 is 2.16 bits per heavy atom. The van der Waals surface area contributed by atoms with Crippen molar-refractivity contribution in [2.75, 3.05) is 0 Å². The number of hydrogen-bond donors (Lipinski definition) is 0. The molecule has 4 aromatic carbocycles. The quantitative estimate of drug-likeness (QED) is 0.248. The van der Waals surface area contributed by atoms with Gasteiger partial charge in [-0.15, -0.1) is 0 Å². The average molecular weight is 491 g/mol. The van der Waals surface area contributed by atoms with Crippen LogP contribution in [0.15, 0.2) is 118 Å². The van der Waals surface area contributed by atoms with Gasteiger partial charge < -0.3 is 8.83 Å². The molecule has 8 rings (SSSR count). The van der Waals surface area contributed by atoms with E-state index >= 15 is 0 Å². The van der Waals surface area contributed by atoms with Gasteiger partial charge in [0.25, 0.3) is 0 Å². The molecule has 0 atom stereocenters. The van der Waals surface area contributed by atoms with E-state index in [1.165, 1.54) is 0 Å². The highest BCUT2D eigenvalue weighted by molar-refractivity contribution is 6.10. The van der Waals surface area contributed by atoms with Crippen molar-refractivity contribution in [2.45, 2.75) is 12.8 Å². The number of nitrogens with zero attached hydrogens (tertiary/aromatic N) is 2. The van der Waals surface area contributed by atoms with Gasteiger partial charge in [0.05, 0.1) is 11.1 Å². The van der Waals surface area contributed by atoms with Gasteiger partial charge in [-0.1, -0.05) is 97.1 Å². The number of allylic oxidation sites excluding steroid dienone is 4. The van der Waals surface area contributed by atoms with Crippen LogP contribution < -0.4 is 0 Å². The smallest absolute Gasteiger partial charge is 0.231 e. The van der Waals surface area contributed by atoms with Gasteiger partial charge in [0.2, 0.25) is 5.71 Å². The predicted molar refractivity (Wildman–Crippen MR) is 154 cm³/mol. The Hall–Kier alpha value is -4.96. The predicted octanol–water partition coefficient (Wildman–Crippen LogP) is 9.34. The lowest BCUT2D eigenvalue weighted by Crippen LogP contribution is -1.97. The van der Waals surface area contributed by atoms with Crippen molar-refractivity contribution in [2.24, 2.45) is 0 Å². The van der Waals surface area contributed by atoms with Crippen LogP contribution in [-0.2, 0) is 0 Å². The molecule has 0 saturated carbocycles. The molecule has 38 heavy (non-hydrogen) atoms. The van der Waals surface area contributed by atoms with Crippen LogP contribution in [0.2, 0.25) is 0 Å². The molecule has 1 aliphatic rings. The molecule has 180 valence electrons. The summed E-state index contributed by atoms with van der Waals surface area (Å²) in [6, 6.07) is 30.9. The third kappa shape index (κ3) is 3.24. The fourth-order valence-corrected chi connectivity index (χ4v) is 5.52. The Kier molecular flexibility index (Phi) is 4.61. The van der Waals surface area contributed by atoms with Crippen molar-refractivity contribution in [1.29, 1.82) is 0 Å². The van der Waals surface area contributed by atoms with E-state index in [1.54, 1.807) is 0 Å². The van der Waals surface area contributed by atoms with E-state index in [0.29, 0.717) is 11.5 Å². The second-order valence-corrected chi connectivity index (χ2v) is 9.67. The lowest BCUT2D eigenvalue weighted by molar-refractivity contribution is 0.653. The second-order valence-electron chi connectivity index (χ2n) is 9.67. The molecule has 7 aromatic rings. The van der Waals surface area contributed by atoms with Crippen molar-refractivity contribution < 1.29 is 8.83 Å². The van der Waals surface area contributed by atoms with Gasteiger partial charge in [-0.3, -0.25) is 0 Å². The van der Waals surface area contributed by atoms with Gasteiger partial charge in [0.1, 0.15) is 16.7 Å². The molecule has 0 aliphatic heterocycles. The van der Waals surface area contributed by atoms with E-state index in [9.17, 15) is 0 Å². The van der Waals surface area contributed by atoms with Crippen molar-refractivity contribution in [3.63, 3.8) is 0 Å². The Balaban J connectivity index is 1.27. The van der Waals surface area contributed by atoms with Crippen LogP contribution in [0.25, 0.3) is 72.1 Å². The monoisotopic (exact) mass is 490 g/mol. The summed E-state index contributed by atoms with van der Waals surface area (Å²) >= 11 is 0. The molecule has 0 bridgehead atoms. The summed E-state index contributed by atoms with van der Waals surface area (Å²) in [5.74, 6) is 0.653. The topological polar surface area (TPSA) is 52.1 Å². The Morgan fingerprint density at radius 2 is 1.34 bits per heavy atom. The molecule has 0 spiro atoms. The maximum Gasteiger partial charge on any atom is 0.231 e. The molecule has 1 aliphatic carbocycles. The lowest BCUT2D eigenvalue weighted by Gasteiger charge is -2.10. The van der Waals surface area contributed by atoms with Crippen LogP contribution in [0.5, 0.6) is 0 Å². The SMILES string of the molecule is C1=CC(c2nc(-c3ccc(-c4cccc5c4oc4ccccc45)cc3)nc3oc4ccccc4c23)=CCC1. The number of hydrogen-bond acceptors (Lipinski definition) is 4. The highest BCUT2D eigenvalue weighted by Crippen LogP contribution is 2.38. The van der Waals surface area contributed by atoms with Crippen molar-refractivity contribution in [1.82, 2.24) is 9.97 Å². The van der Waals surface area contributed by atoms with Crippen LogP contribution in [0.3, 0.4) is 0 Å². The van der Waals surface area contributed by atoms with E-state index in [2.05, 4.69) is 72.8 Å². The standard InChI is InChI=1S/C34H22N2O2/c1-2-9-22(10-3-1)31-30-27-12-5-7-16-29(27)38-34(30)36-33(35-31)23-19-17-21(18-20-23)24-13-8-14-26-25-11-4-6-15-28(25)37-32(24)26/h2,4-20H,1,3H2. The summed E-state index contributed by atoms with van der Waals surface area (Å²) in [4.78, 5) is 9.96. The summed E-state index contributed by atoms with van der Waals surface area (Å²) in [6.07, 6.45) is 8.68. The number of rotatable bonds is 3. The van der Waals surface area contributed by atoms with Gasteiger partial charge >= 0.3 is 0 Å². The average Bonchev–Trinajstić information content (AvgIpc) is 3.56. The first-order valence-electron chi connectivity index (χ1n) is 12.9. The maximum absolute atomic E-state index is 6.26. The first kappa shape index (κ1) is 21.2. The van der Waals surface area contributed by atoms with Crippen molar-refractivity contribution in [3.8, 4) is 22.5 Å². The van der Waals surface area contributed by atoms with Crippen LogP contribution in [0.1, 0.15) is 18.5 Å². The third-order valence-electron chi connectivity index (χ3n) is 7.37. The van der Waals surface area contributed by atoms with Crippen LogP contribution in [0.4, 0.5) is 0 Å². The second kappa shape index (κ2) is 8.29. The number of para-hydroxylation sites is 3. The van der Waals surface area contributed by atoms with E-state index in [1.807, 2.05) is 36.4 Å². The summed E-state index contributed by atoms with van der Waals surface area (Å²) in [7, 11) is 0. The Labute approximate surface area is 218 Å². The Morgan fingerprint density at radius 1 is 0.605 bits per heavy atom. The fourth-order valence-electron chi connectivity index (χ4n) is 5.52. The Bertz CT molecular complexity index is 2070. The zero-order chi connectivity index (χ0) is 25.1. The minimum Gasteiger partial charge on any atom is -0.455 e. The van der Waals surface area contributed by atoms with Crippen molar-refractivity contribution in [3.05, 3.63) is 115 Å². The highest BCUT2D eigenvalue weighted by Gasteiger charge is 2.19. The molecule has 0 radical (unpaired) electrons. The summed E-state index contributed by atoms with van der Waals surface area (Å²) in [6.45, 7) is 0. The van der Waals surface area contributed by atoms with E-state index < -0.39 is 0 Å². The largest absolute Gasteiger partial charge is 0.455 e. The number of furan rings is 2. The van der Waals surface area contributed by atoms with E-state index in [0.717, 1.165) is 79.1 Å². The molecule has 0 saturated heterocycles. The summed E-state index contributed by atoms with van der Waals surface area (Å²) in [5, 5.41) is 4.26. The summed E-state index contributed by atoms with van der Waals surface area (Å²) < 4.78 is 12.5. The van der Waals surface area contributed by atoms with Gasteiger partial charge in [0.15, 0.2) is 5.82 Å². The molecule has 0 unspecified atom stereocenters. The van der Waals surface area contributed by atoms with Gasteiger partial charge in [-0.25, -0.2) is 4.98 Å². The maximum atomic E-state index is 6.26. The molecule has 3 heterocycles. The molecule has 0 amide bonds. The van der Waals surface area contributed by atoms with Gasteiger partial charge in [0, 0.05) is 27.3 Å². The normalized spacial score (nSPS) is 13.6. The van der Waals surface area contributed by atoms with Crippen LogP contribution in [0, 0.1) is 0 Å². The molecule has 0 fully saturated rings. The molecule has 3 aromatic heterocycles. The molecule has 4 nitrogen and oxygen atoms in total. The lowest BCUT2D eigenvalue weighted by atomic mass is 9.99. The molecule has 0 N–H and O–H groups in total. The zero-order valence-electron chi connectivity index (χ0n) is 20.5. The minimum atomic E-state index is 0.613. The summed E-state index contributed by atoms with van der Waals surface area (Å²) in [5.41, 5.74) is 8.36. The van der Waals surface area contributed by atoms with Crippen LogP contribution >= 0.6 is 0 Å². The van der Waals surface area contributed by atoms with Gasteiger partial charge in [-0.05, 0) is 36.1 Å². The zero-order valence-corrected chi connectivity index (χ0v) is 20.5. The number of aromatic nitrogens is 2. The van der Waals surface area contributed by atoms with Gasteiger partial charge in [-0.2, -0.15) is 4.98 Å². The van der Waals surface area contributed by atoms with Crippen LogP contribution in [-0.4, -0.2) is 9.97 Å². The molecular formula is C34H22N2O2. The van der Waals surface area contributed by atoms with E-state index in [-0.39, 0.29) is 0 Å². The first-order valence-corrected chi connectivity index (χ1v) is 12.9. The van der Waals surface area contributed by atoms with E-state index in [4.69, 9.17) is 18.8 Å². The number of fused-ring (bicyclic) bond motifs is 6. The fraction of sp³-hybridized carbons (Fsp3) is 0.0588.